The highest BCUT2D eigenvalue weighted by molar-refractivity contribution is 6.14. The van der Waals surface area contributed by atoms with E-state index < -0.39 is 11.7 Å². The van der Waals surface area contributed by atoms with E-state index in [2.05, 4.69) is 30.3 Å². The molecule has 0 aliphatic carbocycles. The number of rotatable bonds is 11. The molecule has 0 N–H and O–H groups in total. The molecule has 16 aromatic rings. The Morgan fingerprint density at radius 3 is 0.826 bits per heavy atom. The van der Waals surface area contributed by atoms with Gasteiger partial charge in [0.05, 0.1) is 67.8 Å². The van der Waals surface area contributed by atoms with E-state index in [-0.39, 0.29) is 11.4 Å². The lowest BCUT2D eigenvalue weighted by Crippen LogP contribution is -2.16. The Balaban J connectivity index is 0.940. The van der Waals surface area contributed by atoms with E-state index in [4.69, 9.17) is 19.9 Å². The van der Waals surface area contributed by atoms with E-state index >= 15 is 13.2 Å². The molecule has 0 unspecified atom stereocenters. The fraction of sp³-hybridized carbons (Fsp3) is 0.0122. The van der Waals surface area contributed by atoms with Crippen LogP contribution in [0.15, 0.2) is 304 Å². The van der Waals surface area contributed by atoms with E-state index in [1.165, 1.54) is 0 Å². The summed E-state index contributed by atoms with van der Waals surface area (Å²) in [7, 11) is 0. The van der Waals surface area contributed by atoms with Gasteiger partial charge in [-0.05, 0) is 130 Å². The molecule has 0 aliphatic rings. The second-order valence-electron chi connectivity index (χ2n) is 22.9. The number of pyridine rings is 4. The zero-order valence-electron chi connectivity index (χ0n) is 49.1. The summed E-state index contributed by atoms with van der Waals surface area (Å²) < 4.78 is 55.8. The Morgan fingerprint density at radius 1 is 0.272 bits per heavy atom. The van der Waals surface area contributed by atoms with Crippen LogP contribution in [0.1, 0.15) is 11.1 Å². The number of nitriles is 1. The summed E-state index contributed by atoms with van der Waals surface area (Å²) in [6.45, 7) is 0. The molecule has 92 heavy (non-hydrogen) atoms. The highest BCUT2D eigenvalue weighted by Gasteiger charge is 2.40. The number of alkyl halides is 3. The summed E-state index contributed by atoms with van der Waals surface area (Å²) in [6, 6.07) is 92.2. The maximum atomic E-state index is 17.4. The van der Waals surface area contributed by atoms with Crippen LogP contribution in [0, 0.1) is 11.3 Å². The minimum atomic E-state index is -4.94. The van der Waals surface area contributed by atoms with E-state index in [9.17, 15) is 5.26 Å². The third-order valence-electron chi connectivity index (χ3n) is 17.4. The summed E-state index contributed by atoms with van der Waals surface area (Å²) in [5.41, 5.74) is 16.6. The first-order valence-corrected chi connectivity index (χ1v) is 30.2. The molecule has 0 saturated heterocycles. The van der Waals surface area contributed by atoms with E-state index in [0.29, 0.717) is 38.8 Å². The molecule has 0 atom stereocenters. The third-order valence-corrected chi connectivity index (χ3v) is 17.4. The van der Waals surface area contributed by atoms with Gasteiger partial charge >= 0.3 is 6.18 Å². The van der Waals surface area contributed by atoms with Crippen molar-refractivity contribution < 1.29 is 13.2 Å². The lowest BCUT2D eigenvalue weighted by molar-refractivity contribution is -0.137. The molecular weight excluding hydrogens is 1140 g/mol. The maximum Gasteiger partial charge on any atom is 0.420 e. The maximum absolute atomic E-state index is 17.4. The second-order valence-corrected chi connectivity index (χ2v) is 22.9. The van der Waals surface area contributed by atoms with Gasteiger partial charge in [0.15, 0.2) is 0 Å². The molecule has 0 aliphatic heterocycles. The normalized spacial score (nSPS) is 11.6. The molecule has 10 heteroatoms. The number of halogens is 3. The van der Waals surface area contributed by atoms with Gasteiger partial charge in [-0.25, -0.2) is 0 Å². The van der Waals surface area contributed by atoms with Gasteiger partial charge in [0, 0.05) is 90.8 Å². The van der Waals surface area contributed by atoms with Crippen molar-refractivity contribution in [3.05, 3.63) is 315 Å². The van der Waals surface area contributed by atoms with Crippen LogP contribution in [0.2, 0.25) is 0 Å². The molecule has 0 bridgehead atoms. The molecule has 16 rings (SSSR count). The smallest absolute Gasteiger partial charge is 0.309 e. The summed E-state index contributed by atoms with van der Waals surface area (Å²) >= 11 is 0. The molecule has 7 nitrogen and oxygen atoms in total. The fourth-order valence-corrected chi connectivity index (χ4v) is 12.9. The van der Waals surface area contributed by atoms with Gasteiger partial charge in [-0.3, -0.25) is 19.9 Å². The predicted octanol–water partition coefficient (Wildman–Crippen LogP) is 21.4. The van der Waals surface area contributed by atoms with Crippen molar-refractivity contribution in [2.24, 2.45) is 0 Å². The Labute approximate surface area is 527 Å². The van der Waals surface area contributed by atoms with E-state index in [1.807, 2.05) is 249 Å². The van der Waals surface area contributed by atoms with Crippen LogP contribution in [0.4, 0.5) is 13.2 Å². The highest BCUT2D eigenvalue weighted by Crippen LogP contribution is 2.48. The van der Waals surface area contributed by atoms with Crippen molar-refractivity contribution in [2.75, 3.05) is 0 Å². The Morgan fingerprint density at radius 2 is 0.554 bits per heavy atom. The summed E-state index contributed by atoms with van der Waals surface area (Å²) in [6.07, 6.45) is 2.43. The molecular formula is C82H50F3N7. The van der Waals surface area contributed by atoms with Gasteiger partial charge in [-0.1, -0.05) is 182 Å². The number of nitrogens with zero attached hydrogens (tertiary/aromatic N) is 7. The van der Waals surface area contributed by atoms with Gasteiger partial charge in [0.25, 0.3) is 0 Å². The monoisotopic (exact) mass is 1190 g/mol. The molecule has 10 aromatic carbocycles. The number of fused-ring (bicyclic) bond motifs is 6. The average Bonchev–Trinajstić information content (AvgIpc) is 1.53. The highest BCUT2D eigenvalue weighted by atomic mass is 19.4. The zero-order chi connectivity index (χ0) is 61.9. The van der Waals surface area contributed by atoms with Crippen LogP contribution in [-0.4, -0.2) is 29.1 Å². The number of aromatic nitrogens is 6. The van der Waals surface area contributed by atoms with Gasteiger partial charge in [0.2, 0.25) is 0 Å². The molecule has 0 spiro atoms. The molecule has 0 fully saturated rings. The number of benzene rings is 10. The average molecular weight is 1190 g/mol. The molecule has 6 heterocycles. The Kier molecular flexibility index (Phi) is 13.6. The van der Waals surface area contributed by atoms with Gasteiger partial charge < -0.3 is 9.13 Å². The van der Waals surface area contributed by atoms with Crippen molar-refractivity contribution in [3.63, 3.8) is 0 Å². The lowest BCUT2D eigenvalue weighted by Gasteiger charge is -2.23. The topological polar surface area (TPSA) is 85.2 Å². The molecule has 0 amide bonds. The Bertz CT molecular complexity index is 4920. The number of hydrogen-bond acceptors (Lipinski definition) is 5. The zero-order valence-corrected chi connectivity index (χ0v) is 49.1. The van der Waals surface area contributed by atoms with Crippen molar-refractivity contribution in [2.45, 2.75) is 6.18 Å². The summed E-state index contributed by atoms with van der Waals surface area (Å²) in [5, 5.41) is 13.3. The first-order chi connectivity index (χ1) is 45.2. The molecule has 0 saturated carbocycles. The van der Waals surface area contributed by atoms with Crippen molar-refractivity contribution in [3.8, 4) is 118 Å². The Hall–Kier alpha value is -12.3. The minimum absolute atomic E-state index is 0.0898. The van der Waals surface area contributed by atoms with Gasteiger partial charge in [0.1, 0.15) is 5.56 Å². The van der Waals surface area contributed by atoms with E-state index in [0.717, 1.165) is 111 Å². The van der Waals surface area contributed by atoms with Crippen LogP contribution >= 0.6 is 0 Å². The second kappa shape index (κ2) is 22.7. The van der Waals surface area contributed by atoms with Crippen LogP contribution in [0.5, 0.6) is 0 Å². The summed E-state index contributed by atoms with van der Waals surface area (Å²) in [5.74, 6) is 0. The first kappa shape index (κ1) is 55.0. The van der Waals surface area contributed by atoms with Crippen LogP contribution < -0.4 is 0 Å². The molecule has 0 radical (unpaired) electrons. The SMILES string of the molecule is N#Cc1cccc(-c2cc(-n3c4ccc(-c5ccc(-c6ccccc6)nc5)cc4c4cc(-c5ccc(-c6ccccc6)nc5)ccc43)c(C(F)(F)F)c(-n3c4ccc(-c5ccc(-c6ccccc6)nc5)cc4c4cc(-c5ccc(-c6ccccc6)nc5)ccc43)c2)c1. The third kappa shape index (κ3) is 10.0. The van der Waals surface area contributed by atoms with E-state index in [1.54, 1.807) is 39.5 Å². The molecule has 434 valence electrons. The van der Waals surface area contributed by atoms with Crippen LogP contribution in [0.25, 0.3) is 156 Å². The van der Waals surface area contributed by atoms with Crippen molar-refractivity contribution in [1.82, 2.24) is 29.1 Å². The fourth-order valence-electron chi connectivity index (χ4n) is 12.9. The largest absolute Gasteiger partial charge is 0.420 e. The summed E-state index contributed by atoms with van der Waals surface area (Å²) in [4.78, 5) is 19.5. The molecule has 6 aromatic heterocycles. The van der Waals surface area contributed by atoms with Gasteiger partial charge in [-0.15, -0.1) is 0 Å². The van der Waals surface area contributed by atoms with Crippen LogP contribution in [-0.2, 0) is 6.18 Å². The quantitative estimate of drug-likeness (QED) is 0.129. The minimum Gasteiger partial charge on any atom is -0.309 e. The van der Waals surface area contributed by atoms with Crippen molar-refractivity contribution in [1.29, 1.82) is 5.26 Å². The standard InChI is InChI=1S/C82H50F3N7/c83-82(84,85)81-79(91-75-36-28-58(62-24-32-71(87-48-62)53-15-5-1-6-16-53)41-67(75)68-42-59(29-37-76(68)91)63-25-33-72(88-49-63)54-17-7-2-8-18-54)45-66(57-23-13-14-52(40-57)47-86)46-80(81)92-77-38-30-60(64-26-34-73(89-50-64)55-19-9-3-10-20-55)43-69(77)70-44-61(31-39-78(70)92)65-27-35-74(90-51-65)56-21-11-4-12-22-56/h1-46,48-51H. The first-order valence-electron chi connectivity index (χ1n) is 30.2. The van der Waals surface area contributed by atoms with Crippen molar-refractivity contribution >= 4 is 43.6 Å². The number of hydrogen-bond donors (Lipinski definition) is 0. The lowest BCUT2D eigenvalue weighted by atomic mass is 9.98. The van der Waals surface area contributed by atoms with Crippen LogP contribution in [0.3, 0.4) is 0 Å². The van der Waals surface area contributed by atoms with Gasteiger partial charge in [-0.2, -0.15) is 18.4 Å². The predicted molar refractivity (Wildman–Crippen MR) is 365 cm³/mol.